The molecule has 0 unspecified atom stereocenters. The molecule has 10 aromatic rings. The van der Waals surface area contributed by atoms with Gasteiger partial charge >= 0.3 is 0 Å². The molecule has 13 rings (SSSR count). The van der Waals surface area contributed by atoms with Crippen LogP contribution in [-0.2, 0) is 27.1 Å². The van der Waals surface area contributed by atoms with Crippen molar-refractivity contribution in [3.63, 3.8) is 0 Å². The Balaban J connectivity index is 0.727. The van der Waals surface area contributed by atoms with Crippen LogP contribution in [0.1, 0.15) is 161 Å². The van der Waals surface area contributed by atoms with Gasteiger partial charge in [0.2, 0.25) is 0 Å². The summed E-state index contributed by atoms with van der Waals surface area (Å²) in [5.41, 5.74) is 32.8. The maximum atomic E-state index is 2.44. The standard InChI is InChI=1S/C83H80N2/c1-53-17-15-19-63(45-53)84(61-33-29-59(30-34-61)79(3,4)5)65-37-43-71-69-41-27-57(49-75(69)82(11,12)77(71)51-65)23-21-55-25-39-67-68-40-26-56(48-74(68)81(9,10)73(67)47-55)22-24-58-28-42-70-72-44-38-66(52-78(72)83(13,14)76(70)50-58)85(64-20-16-18-54(2)46-64)62-35-31-60(32-36-62)80(6,7)8/h15-52H,1-14H3/b23-21+,24-22+. The summed E-state index contributed by atoms with van der Waals surface area (Å²) in [6.45, 7) is 32.4. The van der Waals surface area contributed by atoms with Crippen LogP contribution in [0, 0.1) is 13.8 Å². The van der Waals surface area contributed by atoms with Gasteiger partial charge in [-0.15, -0.1) is 0 Å². The summed E-state index contributed by atoms with van der Waals surface area (Å²) in [7, 11) is 0. The average Bonchev–Trinajstić information content (AvgIpc) is 1.69. The average molecular weight is 1110 g/mol. The summed E-state index contributed by atoms with van der Waals surface area (Å²) in [4.78, 5) is 4.83. The highest BCUT2D eigenvalue weighted by molar-refractivity contribution is 5.90. The molecule has 2 nitrogen and oxygen atoms in total. The van der Waals surface area contributed by atoms with E-state index in [1.54, 1.807) is 0 Å². The number of nitrogens with zero attached hydrogens (tertiary/aromatic N) is 2. The van der Waals surface area contributed by atoms with Gasteiger partial charge in [0.15, 0.2) is 0 Å². The summed E-state index contributed by atoms with van der Waals surface area (Å²) in [6.07, 6.45) is 9.20. The fraction of sp³-hybridized carbons (Fsp3) is 0.229. The van der Waals surface area contributed by atoms with Crippen LogP contribution < -0.4 is 9.80 Å². The summed E-state index contributed by atoms with van der Waals surface area (Å²) >= 11 is 0. The van der Waals surface area contributed by atoms with Gasteiger partial charge in [0.05, 0.1) is 0 Å². The lowest BCUT2D eigenvalue weighted by Gasteiger charge is -2.29. The van der Waals surface area contributed by atoms with Crippen LogP contribution >= 0.6 is 0 Å². The molecule has 10 aromatic carbocycles. The lowest BCUT2D eigenvalue weighted by molar-refractivity contribution is 0.590. The SMILES string of the molecule is Cc1cccc(N(c2ccc(C(C)(C)C)cc2)c2ccc3c(c2)C(C)(C)c2cc(/C=C/c4ccc5c(c4)C(C)(C)c4cc(/C=C/c6ccc7c(c6)C(C)(C)c6cc(N(c8ccc(C(C)(C)C)cc8)c8cccc(C)c8)ccc6-7)ccc4-5)ccc2-3)c1. The van der Waals surface area contributed by atoms with Gasteiger partial charge in [-0.1, -0.05) is 241 Å². The highest BCUT2D eigenvalue weighted by Gasteiger charge is 2.39. The number of benzene rings is 10. The Morgan fingerprint density at radius 1 is 0.271 bits per heavy atom. The summed E-state index contributed by atoms with van der Waals surface area (Å²) in [5, 5.41) is 0. The Bertz CT molecular complexity index is 4070. The van der Waals surface area contributed by atoms with E-state index < -0.39 is 0 Å². The van der Waals surface area contributed by atoms with E-state index in [0.717, 1.165) is 11.4 Å². The lowest BCUT2D eigenvalue weighted by Crippen LogP contribution is -2.17. The zero-order chi connectivity index (χ0) is 59.5. The second-order valence-corrected chi connectivity index (χ2v) is 28.2. The van der Waals surface area contributed by atoms with Gasteiger partial charge < -0.3 is 9.80 Å². The fourth-order valence-electron chi connectivity index (χ4n) is 14.0. The molecule has 85 heavy (non-hydrogen) atoms. The van der Waals surface area contributed by atoms with Gasteiger partial charge in [-0.05, 0) is 209 Å². The zero-order valence-corrected chi connectivity index (χ0v) is 52.3. The Morgan fingerprint density at radius 2 is 0.518 bits per heavy atom. The van der Waals surface area contributed by atoms with Crippen molar-refractivity contribution in [1.82, 2.24) is 0 Å². The van der Waals surface area contributed by atoms with Gasteiger partial charge in [0.1, 0.15) is 0 Å². The second kappa shape index (κ2) is 20.2. The van der Waals surface area contributed by atoms with Crippen LogP contribution in [0.5, 0.6) is 0 Å². The molecule has 0 amide bonds. The molecule has 3 aliphatic carbocycles. The summed E-state index contributed by atoms with van der Waals surface area (Å²) in [5.74, 6) is 0. The molecule has 422 valence electrons. The molecule has 0 heterocycles. The van der Waals surface area contributed by atoms with Crippen LogP contribution in [0.3, 0.4) is 0 Å². The number of anilines is 6. The highest BCUT2D eigenvalue weighted by atomic mass is 15.1. The summed E-state index contributed by atoms with van der Waals surface area (Å²) < 4.78 is 0. The number of rotatable bonds is 10. The molecule has 0 atom stereocenters. The number of hydrogen-bond acceptors (Lipinski definition) is 2. The Labute approximate surface area is 506 Å². The fourth-order valence-corrected chi connectivity index (χ4v) is 14.0. The van der Waals surface area contributed by atoms with E-state index in [1.165, 1.54) is 134 Å². The van der Waals surface area contributed by atoms with Gasteiger partial charge in [-0.3, -0.25) is 0 Å². The van der Waals surface area contributed by atoms with E-state index in [0.29, 0.717) is 0 Å². The lowest BCUT2D eigenvalue weighted by atomic mass is 9.81. The molecule has 0 aromatic heterocycles. The van der Waals surface area contributed by atoms with Crippen molar-refractivity contribution >= 4 is 58.4 Å². The molecule has 0 radical (unpaired) electrons. The van der Waals surface area contributed by atoms with Gasteiger partial charge in [-0.25, -0.2) is 0 Å². The second-order valence-electron chi connectivity index (χ2n) is 28.2. The quantitative estimate of drug-likeness (QED) is 0.126. The Kier molecular flexibility index (Phi) is 13.2. The van der Waals surface area contributed by atoms with E-state index >= 15 is 0 Å². The third-order valence-electron chi connectivity index (χ3n) is 19.0. The van der Waals surface area contributed by atoms with Crippen LogP contribution in [0.4, 0.5) is 34.1 Å². The van der Waals surface area contributed by atoms with Crippen LogP contribution in [0.25, 0.3) is 57.7 Å². The van der Waals surface area contributed by atoms with E-state index in [2.05, 4.69) is 337 Å². The van der Waals surface area contributed by atoms with Crippen molar-refractivity contribution in [3.8, 4) is 33.4 Å². The molecule has 0 spiro atoms. The topological polar surface area (TPSA) is 6.48 Å². The molecule has 0 saturated heterocycles. The number of hydrogen-bond donors (Lipinski definition) is 0. The molecule has 0 bridgehead atoms. The molecule has 0 saturated carbocycles. The van der Waals surface area contributed by atoms with E-state index in [4.69, 9.17) is 0 Å². The molecule has 2 heteroatoms. The Morgan fingerprint density at radius 3 is 0.788 bits per heavy atom. The van der Waals surface area contributed by atoms with E-state index in [1.807, 2.05) is 0 Å². The van der Waals surface area contributed by atoms with Crippen molar-refractivity contribution in [3.05, 3.63) is 284 Å². The normalized spacial score (nSPS) is 14.9. The molecular formula is C83H80N2. The molecule has 0 fully saturated rings. The van der Waals surface area contributed by atoms with Crippen molar-refractivity contribution in [2.45, 2.75) is 124 Å². The minimum absolute atomic E-state index is 0.0839. The smallest absolute Gasteiger partial charge is 0.0465 e. The van der Waals surface area contributed by atoms with Crippen molar-refractivity contribution in [2.24, 2.45) is 0 Å². The van der Waals surface area contributed by atoms with Crippen molar-refractivity contribution in [1.29, 1.82) is 0 Å². The van der Waals surface area contributed by atoms with Crippen LogP contribution in [0.2, 0.25) is 0 Å². The monoisotopic (exact) mass is 1100 g/mol. The van der Waals surface area contributed by atoms with E-state index in [-0.39, 0.29) is 27.1 Å². The predicted octanol–water partition coefficient (Wildman–Crippen LogP) is 23.1. The largest absolute Gasteiger partial charge is 0.310 e. The first-order valence-electron chi connectivity index (χ1n) is 30.6. The predicted molar refractivity (Wildman–Crippen MR) is 366 cm³/mol. The minimum atomic E-state index is -0.182. The first-order chi connectivity index (χ1) is 40.4. The zero-order valence-electron chi connectivity index (χ0n) is 52.3. The highest BCUT2D eigenvalue weighted by Crippen LogP contribution is 2.54. The number of fused-ring (bicyclic) bond motifs is 9. The first kappa shape index (κ1) is 55.5. The van der Waals surface area contributed by atoms with Crippen LogP contribution in [0.15, 0.2) is 206 Å². The van der Waals surface area contributed by atoms with Crippen LogP contribution in [-0.4, -0.2) is 0 Å². The molecular weight excluding hydrogens is 1020 g/mol. The van der Waals surface area contributed by atoms with Gasteiger partial charge in [-0.2, -0.15) is 0 Å². The van der Waals surface area contributed by atoms with Gasteiger partial charge in [0, 0.05) is 50.4 Å². The van der Waals surface area contributed by atoms with Crippen molar-refractivity contribution in [2.75, 3.05) is 9.80 Å². The maximum absolute atomic E-state index is 2.44. The minimum Gasteiger partial charge on any atom is -0.310 e. The third kappa shape index (κ3) is 9.78. The van der Waals surface area contributed by atoms with Gasteiger partial charge in [0.25, 0.3) is 0 Å². The molecule has 0 N–H and O–H groups in total. The number of aryl methyl sites for hydroxylation is 2. The van der Waals surface area contributed by atoms with Crippen molar-refractivity contribution < 1.29 is 0 Å². The molecule has 3 aliphatic rings. The molecule has 0 aliphatic heterocycles. The maximum Gasteiger partial charge on any atom is 0.0465 e. The first-order valence-corrected chi connectivity index (χ1v) is 30.6. The third-order valence-corrected chi connectivity index (χ3v) is 19.0. The Hall–Kier alpha value is -8.72. The van der Waals surface area contributed by atoms with E-state index in [9.17, 15) is 0 Å². The summed E-state index contributed by atoms with van der Waals surface area (Å²) in [6, 6.07) is 78.4.